The molecule has 2 amide bonds. The molecule has 2 N–H and O–H groups in total. The fraction of sp³-hybridized carbons (Fsp3) is 0.818. The highest BCUT2D eigenvalue weighted by molar-refractivity contribution is 5.85. The van der Waals surface area contributed by atoms with Gasteiger partial charge in [-0.15, -0.1) is 0 Å². The van der Waals surface area contributed by atoms with E-state index in [1.165, 1.54) is 6.92 Å². The Morgan fingerprint density at radius 2 is 1.87 bits per heavy atom. The molecule has 0 bridgehead atoms. The maximum atomic E-state index is 11.4. The number of nitrogens with two attached hydrogens (primary N) is 1. The lowest BCUT2D eigenvalue weighted by molar-refractivity contribution is -0.137. The first kappa shape index (κ1) is 13.9. The SMILES string of the molecule is CCCCCN(C(C)=O)C(CC)C(N)=O. The van der Waals surface area contributed by atoms with Gasteiger partial charge in [0.2, 0.25) is 11.8 Å². The Balaban J connectivity index is 4.35. The summed E-state index contributed by atoms with van der Waals surface area (Å²) in [5.74, 6) is -0.485. The largest absolute Gasteiger partial charge is 0.368 e. The van der Waals surface area contributed by atoms with Crippen molar-refractivity contribution in [3.63, 3.8) is 0 Å². The van der Waals surface area contributed by atoms with Gasteiger partial charge in [0.25, 0.3) is 0 Å². The molecule has 0 rings (SSSR count). The Bertz CT molecular complexity index is 217. The van der Waals surface area contributed by atoms with Crippen LogP contribution in [-0.4, -0.2) is 29.3 Å². The number of unbranched alkanes of at least 4 members (excludes halogenated alkanes) is 2. The van der Waals surface area contributed by atoms with Crippen LogP contribution in [0, 0.1) is 0 Å². The fourth-order valence-corrected chi connectivity index (χ4v) is 1.64. The lowest BCUT2D eigenvalue weighted by Crippen LogP contribution is -2.47. The highest BCUT2D eigenvalue weighted by atomic mass is 16.2. The van der Waals surface area contributed by atoms with Crippen molar-refractivity contribution in [1.82, 2.24) is 4.90 Å². The molecule has 4 heteroatoms. The Morgan fingerprint density at radius 3 is 2.20 bits per heavy atom. The minimum atomic E-state index is -0.445. The van der Waals surface area contributed by atoms with E-state index in [-0.39, 0.29) is 5.91 Å². The van der Waals surface area contributed by atoms with Gasteiger partial charge in [0.1, 0.15) is 6.04 Å². The summed E-state index contributed by atoms with van der Waals surface area (Å²) >= 11 is 0. The standard InChI is InChI=1S/C11H22N2O2/c1-4-6-7-8-13(9(3)14)10(5-2)11(12)15/h10H,4-8H2,1-3H3,(H2,12,15). The number of hydrogen-bond donors (Lipinski definition) is 1. The van der Waals surface area contributed by atoms with Crippen LogP contribution in [0.1, 0.15) is 46.5 Å². The van der Waals surface area contributed by atoms with Crippen molar-refractivity contribution in [2.24, 2.45) is 5.73 Å². The van der Waals surface area contributed by atoms with Crippen molar-refractivity contribution >= 4 is 11.8 Å². The van der Waals surface area contributed by atoms with E-state index in [2.05, 4.69) is 6.92 Å². The molecule has 0 saturated heterocycles. The number of carbonyl (C=O) groups is 2. The van der Waals surface area contributed by atoms with Crippen LogP contribution in [-0.2, 0) is 9.59 Å². The van der Waals surface area contributed by atoms with E-state index in [0.29, 0.717) is 13.0 Å². The van der Waals surface area contributed by atoms with Crippen molar-refractivity contribution in [3.05, 3.63) is 0 Å². The van der Waals surface area contributed by atoms with E-state index in [9.17, 15) is 9.59 Å². The average Bonchev–Trinajstić information content (AvgIpc) is 2.16. The number of rotatable bonds is 7. The predicted octanol–water partition coefficient (Wildman–Crippen LogP) is 1.29. The van der Waals surface area contributed by atoms with Gasteiger partial charge in [0, 0.05) is 13.5 Å². The molecule has 0 aromatic heterocycles. The first-order chi connectivity index (χ1) is 7.04. The summed E-state index contributed by atoms with van der Waals surface area (Å²) in [6.45, 7) is 6.08. The van der Waals surface area contributed by atoms with E-state index in [1.54, 1.807) is 4.90 Å². The minimum absolute atomic E-state index is 0.0725. The second kappa shape index (κ2) is 7.26. The molecule has 0 aliphatic rings. The van der Waals surface area contributed by atoms with Crippen LogP contribution in [0.15, 0.2) is 0 Å². The molecule has 0 aromatic rings. The summed E-state index contributed by atoms with van der Waals surface area (Å²) in [5, 5.41) is 0. The van der Waals surface area contributed by atoms with Crippen LogP contribution in [0.25, 0.3) is 0 Å². The first-order valence-corrected chi connectivity index (χ1v) is 5.61. The second-order valence-corrected chi connectivity index (χ2v) is 3.75. The summed E-state index contributed by atoms with van der Waals surface area (Å²) < 4.78 is 0. The molecular formula is C11H22N2O2. The van der Waals surface area contributed by atoms with Crippen molar-refractivity contribution in [3.8, 4) is 0 Å². The molecule has 0 radical (unpaired) electrons. The number of nitrogens with zero attached hydrogens (tertiary/aromatic N) is 1. The monoisotopic (exact) mass is 214 g/mol. The van der Waals surface area contributed by atoms with Gasteiger partial charge in [0.15, 0.2) is 0 Å². The molecule has 0 saturated carbocycles. The first-order valence-electron chi connectivity index (χ1n) is 5.61. The zero-order valence-corrected chi connectivity index (χ0v) is 9.95. The Kier molecular flexibility index (Phi) is 6.75. The topological polar surface area (TPSA) is 63.4 Å². The molecule has 0 heterocycles. The van der Waals surface area contributed by atoms with Gasteiger partial charge in [-0.05, 0) is 12.8 Å². The quantitative estimate of drug-likeness (QED) is 0.649. The van der Waals surface area contributed by atoms with Crippen molar-refractivity contribution < 1.29 is 9.59 Å². The van der Waals surface area contributed by atoms with Crippen LogP contribution < -0.4 is 5.73 Å². The van der Waals surface area contributed by atoms with E-state index >= 15 is 0 Å². The normalized spacial score (nSPS) is 12.2. The van der Waals surface area contributed by atoms with Crippen molar-refractivity contribution in [2.75, 3.05) is 6.54 Å². The van der Waals surface area contributed by atoms with E-state index in [0.717, 1.165) is 19.3 Å². The molecule has 0 aliphatic carbocycles. The summed E-state index contributed by atoms with van der Waals surface area (Å²) in [5.41, 5.74) is 5.26. The fourth-order valence-electron chi connectivity index (χ4n) is 1.64. The molecule has 88 valence electrons. The third-order valence-electron chi connectivity index (χ3n) is 2.50. The molecule has 15 heavy (non-hydrogen) atoms. The second-order valence-electron chi connectivity index (χ2n) is 3.75. The van der Waals surface area contributed by atoms with Crippen LogP contribution >= 0.6 is 0 Å². The summed E-state index contributed by atoms with van der Waals surface area (Å²) in [4.78, 5) is 24.1. The number of hydrogen-bond acceptors (Lipinski definition) is 2. The van der Waals surface area contributed by atoms with Gasteiger partial charge in [-0.1, -0.05) is 26.7 Å². The van der Waals surface area contributed by atoms with E-state index < -0.39 is 11.9 Å². The third kappa shape index (κ3) is 4.81. The van der Waals surface area contributed by atoms with Crippen LogP contribution in [0.5, 0.6) is 0 Å². The molecular weight excluding hydrogens is 192 g/mol. The Morgan fingerprint density at radius 1 is 1.27 bits per heavy atom. The van der Waals surface area contributed by atoms with Gasteiger partial charge < -0.3 is 10.6 Å². The Hall–Kier alpha value is -1.06. The third-order valence-corrected chi connectivity index (χ3v) is 2.50. The van der Waals surface area contributed by atoms with Crippen molar-refractivity contribution in [1.29, 1.82) is 0 Å². The van der Waals surface area contributed by atoms with Gasteiger partial charge in [0.05, 0.1) is 0 Å². The minimum Gasteiger partial charge on any atom is -0.368 e. The van der Waals surface area contributed by atoms with E-state index in [4.69, 9.17) is 5.73 Å². The highest BCUT2D eigenvalue weighted by Gasteiger charge is 2.23. The average molecular weight is 214 g/mol. The summed E-state index contributed by atoms with van der Waals surface area (Å²) in [6.07, 6.45) is 3.68. The molecule has 0 aliphatic heterocycles. The molecule has 0 spiro atoms. The van der Waals surface area contributed by atoms with Gasteiger partial charge in [-0.25, -0.2) is 0 Å². The molecule has 1 unspecified atom stereocenters. The molecule has 4 nitrogen and oxygen atoms in total. The van der Waals surface area contributed by atoms with E-state index in [1.807, 2.05) is 6.92 Å². The highest BCUT2D eigenvalue weighted by Crippen LogP contribution is 2.07. The lowest BCUT2D eigenvalue weighted by atomic mass is 10.1. The zero-order chi connectivity index (χ0) is 11.8. The predicted molar refractivity (Wildman–Crippen MR) is 60.2 cm³/mol. The van der Waals surface area contributed by atoms with Gasteiger partial charge in [-0.2, -0.15) is 0 Å². The van der Waals surface area contributed by atoms with Crippen molar-refractivity contribution in [2.45, 2.75) is 52.5 Å². The summed E-state index contributed by atoms with van der Waals surface area (Å²) in [6, 6.07) is -0.445. The zero-order valence-electron chi connectivity index (χ0n) is 9.95. The number of amides is 2. The smallest absolute Gasteiger partial charge is 0.240 e. The maximum absolute atomic E-state index is 11.4. The molecule has 0 fully saturated rings. The molecule has 1 atom stereocenters. The maximum Gasteiger partial charge on any atom is 0.240 e. The van der Waals surface area contributed by atoms with Crippen LogP contribution in [0.4, 0.5) is 0 Å². The molecule has 0 aromatic carbocycles. The number of primary amides is 1. The van der Waals surface area contributed by atoms with Crippen LogP contribution in [0.3, 0.4) is 0 Å². The van der Waals surface area contributed by atoms with Crippen LogP contribution in [0.2, 0.25) is 0 Å². The van der Waals surface area contributed by atoms with Gasteiger partial charge >= 0.3 is 0 Å². The lowest BCUT2D eigenvalue weighted by Gasteiger charge is -2.27. The number of carbonyl (C=O) groups excluding carboxylic acids is 2. The Labute approximate surface area is 91.8 Å². The summed E-state index contributed by atoms with van der Waals surface area (Å²) in [7, 11) is 0. The van der Waals surface area contributed by atoms with Gasteiger partial charge in [-0.3, -0.25) is 9.59 Å².